The molecule has 0 bridgehead atoms. The van der Waals surface area contributed by atoms with Crippen molar-refractivity contribution in [1.29, 1.82) is 0 Å². The van der Waals surface area contributed by atoms with Gasteiger partial charge >= 0.3 is 0 Å². The highest BCUT2D eigenvalue weighted by molar-refractivity contribution is 5.81. The van der Waals surface area contributed by atoms with Gasteiger partial charge in [-0.15, -0.1) is 0 Å². The number of alkyl halides is 1. The van der Waals surface area contributed by atoms with E-state index in [0.29, 0.717) is 11.3 Å². The molecular formula is C17H13F2N3. The van der Waals surface area contributed by atoms with Gasteiger partial charge in [0.05, 0.1) is 16.7 Å². The maximum atomic E-state index is 14.5. The van der Waals surface area contributed by atoms with Crippen LogP contribution in [0.5, 0.6) is 0 Å². The van der Waals surface area contributed by atoms with E-state index >= 15 is 0 Å². The van der Waals surface area contributed by atoms with Gasteiger partial charge < -0.3 is 0 Å². The fourth-order valence-corrected chi connectivity index (χ4v) is 2.84. The summed E-state index contributed by atoms with van der Waals surface area (Å²) in [4.78, 5) is 4.34. The van der Waals surface area contributed by atoms with Gasteiger partial charge in [-0.05, 0) is 30.7 Å². The molecule has 0 N–H and O–H groups in total. The Morgan fingerprint density at radius 2 is 1.91 bits per heavy atom. The number of aromatic nitrogens is 2. The number of hydrogen-bond donors (Lipinski definition) is 0. The van der Waals surface area contributed by atoms with Crippen molar-refractivity contribution in [3.05, 3.63) is 65.7 Å². The van der Waals surface area contributed by atoms with Crippen molar-refractivity contribution in [1.82, 2.24) is 9.66 Å². The van der Waals surface area contributed by atoms with Crippen molar-refractivity contribution in [3.8, 4) is 0 Å². The van der Waals surface area contributed by atoms with E-state index in [2.05, 4.69) is 4.98 Å². The number of rotatable bonds is 1. The first-order valence-corrected chi connectivity index (χ1v) is 6.99. The lowest BCUT2D eigenvalue weighted by Crippen LogP contribution is -2.39. The lowest BCUT2D eigenvalue weighted by atomic mass is 10.1. The van der Waals surface area contributed by atoms with E-state index in [9.17, 15) is 8.78 Å². The van der Waals surface area contributed by atoms with Crippen LogP contribution in [0.2, 0.25) is 0 Å². The number of para-hydroxylation sites is 2. The van der Waals surface area contributed by atoms with Crippen molar-refractivity contribution in [2.24, 2.45) is 0 Å². The first-order valence-electron chi connectivity index (χ1n) is 6.99. The molecule has 0 radical (unpaired) electrons. The molecule has 1 aliphatic heterocycles. The standard InChI is InChI=1S/C17H13F2N3/c1-11-5-4-8-15-16(11)20-10-21(15)22-14-7-3-2-6-12(14)9-13(18)17(22)19/h2-10,17H,1H3. The molecule has 5 heteroatoms. The summed E-state index contributed by atoms with van der Waals surface area (Å²) in [6, 6.07) is 12.8. The molecule has 2 aromatic carbocycles. The smallest absolute Gasteiger partial charge is 0.239 e. The van der Waals surface area contributed by atoms with Crippen molar-refractivity contribution in [2.75, 3.05) is 5.01 Å². The Kier molecular flexibility index (Phi) is 2.76. The van der Waals surface area contributed by atoms with E-state index in [1.807, 2.05) is 25.1 Å². The first kappa shape index (κ1) is 13.0. The molecule has 2 heterocycles. The van der Waals surface area contributed by atoms with Crippen LogP contribution < -0.4 is 5.01 Å². The van der Waals surface area contributed by atoms with Gasteiger partial charge in [0.25, 0.3) is 0 Å². The summed E-state index contributed by atoms with van der Waals surface area (Å²) < 4.78 is 30.1. The fourth-order valence-electron chi connectivity index (χ4n) is 2.84. The summed E-state index contributed by atoms with van der Waals surface area (Å²) in [5.41, 5.74) is 3.77. The Morgan fingerprint density at radius 1 is 1.09 bits per heavy atom. The Morgan fingerprint density at radius 3 is 2.77 bits per heavy atom. The largest absolute Gasteiger partial charge is 0.242 e. The highest BCUT2D eigenvalue weighted by atomic mass is 19.2. The molecule has 4 rings (SSSR count). The van der Waals surface area contributed by atoms with Gasteiger partial charge in [0.1, 0.15) is 6.33 Å². The molecule has 0 saturated carbocycles. The second kappa shape index (κ2) is 4.66. The molecule has 1 aliphatic rings. The summed E-state index contributed by atoms with van der Waals surface area (Å²) >= 11 is 0. The van der Waals surface area contributed by atoms with Crippen molar-refractivity contribution >= 4 is 22.8 Å². The molecular weight excluding hydrogens is 284 g/mol. The van der Waals surface area contributed by atoms with Gasteiger partial charge in [-0.3, -0.25) is 0 Å². The Hall–Kier alpha value is -2.69. The van der Waals surface area contributed by atoms with Gasteiger partial charge in [0.15, 0.2) is 5.83 Å². The van der Waals surface area contributed by atoms with Gasteiger partial charge in [0, 0.05) is 5.56 Å². The molecule has 1 atom stereocenters. The number of aryl methyl sites for hydroxylation is 1. The minimum absolute atomic E-state index is 0.609. The fraction of sp³-hybridized carbons (Fsp3) is 0.118. The molecule has 0 saturated heterocycles. The highest BCUT2D eigenvalue weighted by Crippen LogP contribution is 2.35. The number of fused-ring (bicyclic) bond motifs is 2. The average Bonchev–Trinajstić information content (AvgIpc) is 2.94. The van der Waals surface area contributed by atoms with Crippen LogP contribution in [0.4, 0.5) is 14.5 Å². The number of anilines is 1. The molecule has 110 valence electrons. The van der Waals surface area contributed by atoms with E-state index in [4.69, 9.17) is 0 Å². The number of imidazole rings is 1. The van der Waals surface area contributed by atoms with E-state index in [-0.39, 0.29) is 0 Å². The zero-order chi connectivity index (χ0) is 15.3. The average molecular weight is 297 g/mol. The predicted molar refractivity (Wildman–Crippen MR) is 82.8 cm³/mol. The molecule has 0 amide bonds. The predicted octanol–water partition coefficient (Wildman–Crippen LogP) is 4.23. The van der Waals surface area contributed by atoms with Crippen LogP contribution in [0.25, 0.3) is 17.1 Å². The summed E-state index contributed by atoms with van der Waals surface area (Å²) in [7, 11) is 0. The molecule has 1 aromatic heterocycles. The lowest BCUT2D eigenvalue weighted by Gasteiger charge is -2.32. The lowest BCUT2D eigenvalue weighted by molar-refractivity contribution is 0.298. The van der Waals surface area contributed by atoms with Crippen LogP contribution in [0.15, 0.2) is 54.6 Å². The second-order valence-corrected chi connectivity index (χ2v) is 5.30. The molecule has 1 unspecified atom stereocenters. The number of benzene rings is 2. The maximum Gasteiger partial charge on any atom is 0.242 e. The van der Waals surface area contributed by atoms with Crippen LogP contribution in [0, 0.1) is 6.92 Å². The normalized spacial score (nSPS) is 17.5. The summed E-state index contributed by atoms with van der Waals surface area (Å²) in [6.07, 6.45) is 0.897. The summed E-state index contributed by atoms with van der Waals surface area (Å²) in [5.74, 6) is -0.812. The number of hydrogen-bond acceptors (Lipinski definition) is 2. The summed E-state index contributed by atoms with van der Waals surface area (Å²) in [5, 5.41) is 1.29. The topological polar surface area (TPSA) is 21.1 Å². The van der Waals surface area contributed by atoms with E-state index in [1.54, 1.807) is 28.9 Å². The molecule has 3 nitrogen and oxygen atoms in total. The molecule has 0 spiro atoms. The van der Waals surface area contributed by atoms with Crippen LogP contribution in [0.3, 0.4) is 0 Å². The van der Waals surface area contributed by atoms with Crippen molar-refractivity contribution in [2.45, 2.75) is 13.2 Å². The van der Waals surface area contributed by atoms with Gasteiger partial charge in [-0.1, -0.05) is 30.3 Å². The Labute approximate surface area is 126 Å². The zero-order valence-electron chi connectivity index (χ0n) is 11.9. The van der Waals surface area contributed by atoms with E-state index in [0.717, 1.165) is 16.6 Å². The molecule has 22 heavy (non-hydrogen) atoms. The third kappa shape index (κ3) is 1.75. The van der Waals surface area contributed by atoms with Gasteiger partial charge in [-0.2, -0.15) is 0 Å². The second-order valence-electron chi connectivity index (χ2n) is 5.30. The Balaban J connectivity index is 1.98. The number of nitrogens with zero attached hydrogens (tertiary/aromatic N) is 3. The van der Waals surface area contributed by atoms with Gasteiger partial charge in [0.2, 0.25) is 6.30 Å². The first-order chi connectivity index (χ1) is 10.7. The van der Waals surface area contributed by atoms with Crippen molar-refractivity contribution in [3.63, 3.8) is 0 Å². The van der Waals surface area contributed by atoms with E-state index in [1.165, 1.54) is 17.4 Å². The third-order valence-corrected chi connectivity index (χ3v) is 3.91. The summed E-state index contributed by atoms with van der Waals surface area (Å²) in [6.45, 7) is 1.94. The van der Waals surface area contributed by atoms with E-state index < -0.39 is 12.1 Å². The minimum Gasteiger partial charge on any atom is -0.239 e. The van der Waals surface area contributed by atoms with Crippen LogP contribution >= 0.6 is 0 Å². The minimum atomic E-state index is -1.87. The highest BCUT2D eigenvalue weighted by Gasteiger charge is 2.31. The van der Waals surface area contributed by atoms with Crippen LogP contribution in [-0.4, -0.2) is 16.0 Å². The van der Waals surface area contributed by atoms with Gasteiger partial charge in [-0.25, -0.2) is 23.4 Å². The maximum absolute atomic E-state index is 14.5. The van der Waals surface area contributed by atoms with Crippen molar-refractivity contribution < 1.29 is 8.78 Å². The Bertz CT molecular complexity index is 898. The molecule has 0 aliphatic carbocycles. The molecule has 0 fully saturated rings. The van der Waals surface area contributed by atoms with Crippen LogP contribution in [0.1, 0.15) is 11.1 Å². The SMILES string of the molecule is Cc1cccc2c1ncn2N1c2ccccc2C=C(F)C1F. The quantitative estimate of drug-likeness (QED) is 0.627. The monoisotopic (exact) mass is 297 g/mol. The van der Waals surface area contributed by atoms with Crippen LogP contribution in [-0.2, 0) is 0 Å². The number of halogens is 2. The zero-order valence-corrected chi connectivity index (χ0v) is 11.9. The molecule has 3 aromatic rings. The third-order valence-electron chi connectivity index (χ3n) is 3.91.